The van der Waals surface area contributed by atoms with Crippen molar-refractivity contribution in [1.29, 1.82) is 0 Å². The highest BCUT2D eigenvalue weighted by Gasteiger charge is 2.30. The molecule has 1 saturated carbocycles. The van der Waals surface area contributed by atoms with Gasteiger partial charge < -0.3 is 10.4 Å². The van der Waals surface area contributed by atoms with E-state index in [9.17, 15) is 4.79 Å². The Morgan fingerprint density at radius 1 is 1.38 bits per heavy atom. The summed E-state index contributed by atoms with van der Waals surface area (Å²) in [5.74, 6) is -0.726. The van der Waals surface area contributed by atoms with Crippen LogP contribution in [0.25, 0.3) is 0 Å². The van der Waals surface area contributed by atoms with Crippen molar-refractivity contribution in [1.82, 2.24) is 5.32 Å². The number of hydrogen-bond donors (Lipinski definition) is 2. The second-order valence-electron chi connectivity index (χ2n) is 6.51. The summed E-state index contributed by atoms with van der Waals surface area (Å²) in [6.45, 7) is 8.73. The Hall–Kier alpha value is -0.570. The van der Waals surface area contributed by atoms with Crippen molar-refractivity contribution in [3.05, 3.63) is 0 Å². The first-order valence-electron chi connectivity index (χ1n) is 6.20. The number of carboxylic acid groups (broad SMARTS) is 1. The van der Waals surface area contributed by atoms with E-state index in [1.807, 2.05) is 0 Å². The lowest BCUT2D eigenvalue weighted by molar-refractivity contribution is -0.146. The molecular formula is C13H25NO2. The minimum absolute atomic E-state index is 0.473. The second-order valence-corrected chi connectivity index (χ2v) is 6.51. The molecule has 1 rings (SSSR count). The Bertz CT molecular complexity index is 249. The van der Waals surface area contributed by atoms with Crippen molar-refractivity contribution >= 4 is 5.97 Å². The normalized spacial score (nSPS) is 22.0. The molecule has 3 nitrogen and oxygen atoms in total. The predicted molar refractivity (Wildman–Crippen MR) is 65.5 cm³/mol. The summed E-state index contributed by atoms with van der Waals surface area (Å²) in [5.41, 5.74) is -0.187. The zero-order valence-corrected chi connectivity index (χ0v) is 11.0. The maximum Gasteiger partial charge on any atom is 0.310 e. The Kier molecular flexibility index (Phi) is 4.00. The molecule has 3 heteroatoms. The number of rotatable bonds is 4. The number of carboxylic acids is 1. The fraction of sp³-hybridized carbons (Fsp3) is 0.923. The standard InChI is InChI=1S/C13H25NO2/c1-12(2)7-5-10(6-8-12)14-9-13(3,4)11(15)16/h10,14H,5-9H2,1-4H3,(H,15,16). The van der Waals surface area contributed by atoms with Crippen LogP contribution in [0.15, 0.2) is 0 Å². The highest BCUT2D eigenvalue weighted by Crippen LogP contribution is 2.35. The fourth-order valence-electron chi connectivity index (χ4n) is 2.08. The summed E-state index contributed by atoms with van der Waals surface area (Å²) in [6.07, 6.45) is 4.81. The van der Waals surface area contributed by atoms with Gasteiger partial charge in [-0.05, 0) is 44.9 Å². The predicted octanol–water partition coefficient (Wildman–Crippen LogP) is 2.66. The fourth-order valence-corrected chi connectivity index (χ4v) is 2.08. The highest BCUT2D eigenvalue weighted by molar-refractivity contribution is 5.73. The maximum absolute atomic E-state index is 11.0. The van der Waals surface area contributed by atoms with Crippen LogP contribution in [0.5, 0.6) is 0 Å². The summed E-state index contributed by atoms with van der Waals surface area (Å²) in [7, 11) is 0. The van der Waals surface area contributed by atoms with Crippen LogP contribution in [0.2, 0.25) is 0 Å². The van der Waals surface area contributed by atoms with Gasteiger partial charge in [-0.15, -0.1) is 0 Å². The molecule has 0 aromatic rings. The summed E-state index contributed by atoms with van der Waals surface area (Å²) >= 11 is 0. The van der Waals surface area contributed by atoms with Gasteiger partial charge in [0.2, 0.25) is 0 Å². The monoisotopic (exact) mass is 227 g/mol. The van der Waals surface area contributed by atoms with Gasteiger partial charge in [-0.25, -0.2) is 0 Å². The minimum Gasteiger partial charge on any atom is -0.481 e. The van der Waals surface area contributed by atoms with Gasteiger partial charge >= 0.3 is 5.97 Å². The number of carbonyl (C=O) groups is 1. The van der Waals surface area contributed by atoms with E-state index < -0.39 is 11.4 Å². The van der Waals surface area contributed by atoms with Gasteiger partial charge in [0, 0.05) is 12.6 Å². The molecule has 0 aliphatic heterocycles. The molecule has 0 unspecified atom stereocenters. The highest BCUT2D eigenvalue weighted by atomic mass is 16.4. The topological polar surface area (TPSA) is 49.3 Å². The number of hydrogen-bond acceptors (Lipinski definition) is 2. The molecule has 0 aromatic heterocycles. The molecule has 0 radical (unpaired) electrons. The minimum atomic E-state index is -0.726. The molecular weight excluding hydrogens is 202 g/mol. The van der Waals surface area contributed by atoms with Crippen molar-refractivity contribution < 1.29 is 9.90 Å². The molecule has 1 aliphatic rings. The van der Waals surface area contributed by atoms with Gasteiger partial charge in [0.05, 0.1) is 5.41 Å². The third-order valence-electron chi connectivity index (χ3n) is 3.75. The molecule has 0 bridgehead atoms. The van der Waals surface area contributed by atoms with E-state index in [1.165, 1.54) is 25.7 Å². The lowest BCUT2D eigenvalue weighted by Gasteiger charge is -2.35. The van der Waals surface area contributed by atoms with Crippen LogP contribution >= 0.6 is 0 Å². The molecule has 16 heavy (non-hydrogen) atoms. The SMILES string of the molecule is CC1(C)CCC(NCC(C)(C)C(=O)O)CC1. The van der Waals surface area contributed by atoms with Crippen molar-refractivity contribution in [2.45, 2.75) is 59.4 Å². The van der Waals surface area contributed by atoms with Crippen LogP contribution in [0.3, 0.4) is 0 Å². The first-order valence-corrected chi connectivity index (χ1v) is 6.20. The van der Waals surface area contributed by atoms with Gasteiger partial charge in [0.25, 0.3) is 0 Å². The van der Waals surface area contributed by atoms with E-state index in [0.717, 1.165) is 0 Å². The van der Waals surface area contributed by atoms with Crippen molar-refractivity contribution in [2.75, 3.05) is 6.54 Å². The molecule has 94 valence electrons. The lowest BCUT2D eigenvalue weighted by atomic mass is 9.75. The van der Waals surface area contributed by atoms with E-state index in [2.05, 4.69) is 19.2 Å². The zero-order valence-electron chi connectivity index (χ0n) is 11.0. The van der Waals surface area contributed by atoms with E-state index in [0.29, 0.717) is 18.0 Å². The third-order valence-corrected chi connectivity index (χ3v) is 3.75. The summed E-state index contributed by atoms with van der Waals surface area (Å²) in [6, 6.07) is 0.506. The average molecular weight is 227 g/mol. The summed E-state index contributed by atoms with van der Waals surface area (Å²) < 4.78 is 0. The third kappa shape index (κ3) is 3.78. The molecule has 0 atom stereocenters. The van der Waals surface area contributed by atoms with Gasteiger partial charge in [-0.1, -0.05) is 13.8 Å². The molecule has 0 amide bonds. The first kappa shape index (κ1) is 13.5. The van der Waals surface area contributed by atoms with Crippen LogP contribution in [0.4, 0.5) is 0 Å². The Morgan fingerprint density at radius 3 is 2.31 bits per heavy atom. The molecule has 0 aromatic carbocycles. The molecule has 0 spiro atoms. The average Bonchev–Trinajstić information content (AvgIpc) is 2.16. The second kappa shape index (κ2) is 4.74. The largest absolute Gasteiger partial charge is 0.481 e. The molecule has 0 saturated heterocycles. The smallest absolute Gasteiger partial charge is 0.310 e. The summed E-state index contributed by atoms with van der Waals surface area (Å²) in [5, 5.41) is 12.4. The van der Waals surface area contributed by atoms with Gasteiger partial charge in [0.15, 0.2) is 0 Å². The van der Waals surface area contributed by atoms with Crippen LogP contribution in [-0.4, -0.2) is 23.7 Å². The zero-order chi connectivity index (χ0) is 12.4. The van der Waals surface area contributed by atoms with Gasteiger partial charge in [-0.2, -0.15) is 0 Å². The van der Waals surface area contributed by atoms with Gasteiger partial charge in [-0.3, -0.25) is 4.79 Å². The van der Waals surface area contributed by atoms with E-state index in [-0.39, 0.29) is 0 Å². The van der Waals surface area contributed by atoms with Crippen molar-refractivity contribution in [2.24, 2.45) is 10.8 Å². The summed E-state index contributed by atoms with van der Waals surface area (Å²) in [4.78, 5) is 11.0. The molecule has 1 fully saturated rings. The van der Waals surface area contributed by atoms with Crippen LogP contribution in [0, 0.1) is 10.8 Å². The van der Waals surface area contributed by atoms with E-state index in [4.69, 9.17) is 5.11 Å². The van der Waals surface area contributed by atoms with Crippen LogP contribution in [0.1, 0.15) is 53.4 Å². The first-order chi connectivity index (χ1) is 7.23. The Balaban J connectivity index is 2.33. The van der Waals surface area contributed by atoms with Gasteiger partial charge in [0.1, 0.15) is 0 Å². The number of nitrogens with one attached hydrogen (secondary N) is 1. The van der Waals surface area contributed by atoms with Crippen molar-refractivity contribution in [3.8, 4) is 0 Å². The molecule has 2 N–H and O–H groups in total. The van der Waals surface area contributed by atoms with Crippen LogP contribution in [-0.2, 0) is 4.79 Å². The Labute approximate surface area is 98.6 Å². The number of aliphatic carboxylic acids is 1. The lowest BCUT2D eigenvalue weighted by Crippen LogP contribution is -2.43. The van der Waals surface area contributed by atoms with E-state index >= 15 is 0 Å². The quantitative estimate of drug-likeness (QED) is 0.776. The Morgan fingerprint density at radius 2 is 1.88 bits per heavy atom. The molecule has 0 heterocycles. The van der Waals surface area contributed by atoms with Crippen molar-refractivity contribution in [3.63, 3.8) is 0 Å². The van der Waals surface area contributed by atoms with E-state index in [1.54, 1.807) is 13.8 Å². The van der Waals surface area contributed by atoms with Crippen LogP contribution < -0.4 is 5.32 Å². The molecule has 1 aliphatic carbocycles. The maximum atomic E-state index is 11.0.